The molecular weight excluding hydrogens is 306 g/mol. The smallest absolute Gasteiger partial charge is 0.290 e. The average molecular weight is 320 g/mol. The number of halogens is 1. The lowest BCUT2D eigenvalue weighted by molar-refractivity contribution is 0.0643. The Kier molecular flexibility index (Phi) is 3.19. The molecule has 1 unspecified atom stereocenters. The summed E-state index contributed by atoms with van der Waals surface area (Å²) in [6.45, 7) is 2.79. The molecule has 0 aliphatic carbocycles. The summed E-state index contributed by atoms with van der Waals surface area (Å²) in [4.78, 5) is 14.3. The van der Waals surface area contributed by atoms with E-state index in [9.17, 15) is 4.79 Å². The summed E-state index contributed by atoms with van der Waals surface area (Å²) in [5.41, 5.74) is 2.56. The van der Waals surface area contributed by atoms with Crippen molar-refractivity contribution in [3.05, 3.63) is 58.0 Å². The molecule has 4 heteroatoms. The van der Waals surface area contributed by atoms with Gasteiger partial charge in [0.15, 0.2) is 10.4 Å². The average Bonchev–Trinajstić information content (AvgIpc) is 2.85. The van der Waals surface area contributed by atoms with Crippen LogP contribution in [0.25, 0.3) is 0 Å². The zero-order valence-corrected chi connectivity index (χ0v) is 12.2. The predicted molar refractivity (Wildman–Crippen MR) is 76.0 cm³/mol. The molecule has 0 N–H and O–H groups in total. The highest BCUT2D eigenvalue weighted by Gasteiger charge is 2.29. The second kappa shape index (κ2) is 4.85. The van der Waals surface area contributed by atoms with Crippen LogP contribution in [-0.2, 0) is 6.42 Å². The number of amides is 1. The van der Waals surface area contributed by atoms with Crippen LogP contribution in [0, 0.1) is 0 Å². The number of furan rings is 1. The van der Waals surface area contributed by atoms with E-state index in [1.165, 1.54) is 11.1 Å². The zero-order chi connectivity index (χ0) is 13.4. The summed E-state index contributed by atoms with van der Waals surface area (Å²) in [6, 6.07) is 11.8. The third kappa shape index (κ3) is 2.21. The van der Waals surface area contributed by atoms with Crippen LogP contribution in [0.2, 0.25) is 0 Å². The van der Waals surface area contributed by atoms with Gasteiger partial charge in [-0.1, -0.05) is 24.3 Å². The Balaban J connectivity index is 1.90. The maximum absolute atomic E-state index is 12.4. The van der Waals surface area contributed by atoms with Gasteiger partial charge in [-0.05, 0) is 52.5 Å². The van der Waals surface area contributed by atoms with Crippen LogP contribution in [0.1, 0.15) is 34.6 Å². The third-order valence-corrected chi connectivity index (χ3v) is 4.07. The summed E-state index contributed by atoms with van der Waals surface area (Å²) in [5.74, 6) is 0.339. The lowest BCUT2D eigenvalue weighted by Crippen LogP contribution is -2.38. The molecule has 1 aromatic carbocycles. The Hall–Kier alpha value is -1.55. The van der Waals surface area contributed by atoms with Gasteiger partial charge in [0.1, 0.15) is 0 Å². The van der Waals surface area contributed by atoms with Crippen LogP contribution in [0.15, 0.2) is 45.5 Å². The molecule has 1 aliphatic rings. The van der Waals surface area contributed by atoms with Gasteiger partial charge in [-0.3, -0.25) is 4.79 Å². The molecule has 2 heterocycles. The van der Waals surface area contributed by atoms with E-state index in [-0.39, 0.29) is 11.9 Å². The number of benzene rings is 1. The minimum atomic E-state index is -0.0484. The molecule has 3 nitrogen and oxygen atoms in total. The van der Waals surface area contributed by atoms with Gasteiger partial charge in [0.25, 0.3) is 5.91 Å². The van der Waals surface area contributed by atoms with Gasteiger partial charge >= 0.3 is 0 Å². The van der Waals surface area contributed by atoms with Crippen LogP contribution in [0.5, 0.6) is 0 Å². The highest BCUT2D eigenvalue weighted by molar-refractivity contribution is 9.10. The maximum Gasteiger partial charge on any atom is 0.290 e. The molecule has 0 fully saturated rings. The molecule has 1 amide bonds. The fraction of sp³-hybridized carbons (Fsp3) is 0.267. The van der Waals surface area contributed by atoms with E-state index in [2.05, 4.69) is 35.0 Å². The molecule has 0 spiro atoms. The molecule has 0 saturated heterocycles. The van der Waals surface area contributed by atoms with Crippen molar-refractivity contribution >= 4 is 21.8 Å². The first kappa shape index (κ1) is 12.5. The molecule has 2 aromatic rings. The largest absolute Gasteiger partial charge is 0.444 e. The van der Waals surface area contributed by atoms with Crippen molar-refractivity contribution in [2.24, 2.45) is 0 Å². The lowest BCUT2D eigenvalue weighted by atomic mass is 9.93. The van der Waals surface area contributed by atoms with Crippen LogP contribution < -0.4 is 0 Å². The number of carbonyl (C=O) groups is 1. The lowest BCUT2D eigenvalue weighted by Gasteiger charge is -2.34. The maximum atomic E-state index is 12.4. The van der Waals surface area contributed by atoms with Crippen molar-refractivity contribution in [3.8, 4) is 0 Å². The van der Waals surface area contributed by atoms with Crippen molar-refractivity contribution < 1.29 is 9.21 Å². The normalized spacial score (nSPS) is 18.2. The van der Waals surface area contributed by atoms with E-state index in [0.717, 1.165) is 13.0 Å². The van der Waals surface area contributed by atoms with Gasteiger partial charge in [-0.25, -0.2) is 0 Å². The van der Waals surface area contributed by atoms with E-state index in [4.69, 9.17) is 4.42 Å². The van der Waals surface area contributed by atoms with Gasteiger partial charge in [-0.2, -0.15) is 0 Å². The minimum absolute atomic E-state index is 0.0484. The summed E-state index contributed by atoms with van der Waals surface area (Å²) >= 11 is 3.23. The molecule has 1 aliphatic heterocycles. The fourth-order valence-corrected chi connectivity index (χ4v) is 2.93. The van der Waals surface area contributed by atoms with Crippen molar-refractivity contribution in [3.63, 3.8) is 0 Å². The van der Waals surface area contributed by atoms with E-state index in [0.29, 0.717) is 10.4 Å². The molecule has 1 atom stereocenters. The zero-order valence-electron chi connectivity index (χ0n) is 10.6. The first-order valence-corrected chi connectivity index (χ1v) is 7.10. The van der Waals surface area contributed by atoms with Gasteiger partial charge in [0.05, 0.1) is 6.04 Å². The van der Waals surface area contributed by atoms with E-state index in [1.807, 2.05) is 17.0 Å². The standard InChI is InChI=1S/C15H14BrNO2/c1-10-12-5-3-2-4-11(12)8-9-17(10)15(18)13-6-7-14(16)19-13/h2-7,10H,8-9H2,1H3. The van der Waals surface area contributed by atoms with E-state index in [1.54, 1.807) is 12.1 Å². The molecule has 0 radical (unpaired) electrons. The van der Waals surface area contributed by atoms with Crippen molar-refractivity contribution in [1.29, 1.82) is 0 Å². The van der Waals surface area contributed by atoms with Gasteiger partial charge < -0.3 is 9.32 Å². The summed E-state index contributed by atoms with van der Waals surface area (Å²) in [7, 11) is 0. The molecule has 98 valence electrons. The number of fused-ring (bicyclic) bond motifs is 1. The molecular formula is C15H14BrNO2. The van der Waals surface area contributed by atoms with Gasteiger partial charge in [-0.15, -0.1) is 0 Å². The van der Waals surface area contributed by atoms with Gasteiger partial charge in [0.2, 0.25) is 0 Å². The van der Waals surface area contributed by atoms with Crippen LogP contribution in [-0.4, -0.2) is 17.4 Å². The first-order chi connectivity index (χ1) is 9.16. The predicted octanol–water partition coefficient (Wildman–Crippen LogP) is 3.80. The summed E-state index contributed by atoms with van der Waals surface area (Å²) < 4.78 is 5.94. The van der Waals surface area contributed by atoms with Crippen molar-refractivity contribution in [2.75, 3.05) is 6.54 Å². The molecule has 19 heavy (non-hydrogen) atoms. The van der Waals surface area contributed by atoms with Crippen LogP contribution in [0.4, 0.5) is 0 Å². The second-order valence-electron chi connectivity index (χ2n) is 4.73. The fourth-order valence-electron chi connectivity index (χ4n) is 2.62. The van der Waals surface area contributed by atoms with Crippen LogP contribution in [0.3, 0.4) is 0 Å². The molecule has 0 bridgehead atoms. The highest BCUT2D eigenvalue weighted by atomic mass is 79.9. The Bertz CT molecular complexity index is 620. The first-order valence-electron chi connectivity index (χ1n) is 6.31. The minimum Gasteiger partial charge on any atom is -0.444 e. The van der Waals surface area contributed by atoms with Crippen molar-refractivity contribution in [1.82, 2.24) is 4.90 Å². The number of hydrogen-bond acceptors (Lipinski definition) is 2. The Morgan fingerprint density at radius 2 is 2.11 bits per heavy atom. The van der Waals surface area contributed by atoms with E-state index < -0.39 is 0 Å². The monoisotopic (exact) mass is 319 g/mol. The van der Waals surface area contributed by atoms with E-state index >= 15 is 0 Å². The molecule has 1 aromatic heterocycles. The quantitative estimate of drug-likeness (QED) is 0.801. The van der Waals surface area contributed by atoms with Crippen molar-refractivity contribution in [2.45, 2.75) is 19.4 Å². The number of rotatable bonds is 1. The Morgan fingerprint density at radius 1 is 1.32 bits per heavy atom. The van der Waals surface area contributed by atoms with Crippen LogP contribution >= 0.6 is 15.9 Å². The third-order valence-electron chi connectivity index (χ3n) is 3.64. The number of carbonyl (C=O) groups excluding carboxylic acids is 1. The number of nitrogens with zero attached hydrogens (tertiary/aromatic N) is 1. The Labute approximate surface area is 120 Å². The topological polar surface area (TPSA) is 33.5 Å². The highest BCUT2D eigenvalue weighted by Crippen LogP contribution is 2.30. The summed E-state index contributed by atoms with van der Waals surface area (Å²) in [5, 5.41) is 0. The van der Waals surface area contributed by atoms with Gasteiger partial charge in [0, 0.05) is 6.54 Å². The molecule has 3 rings (SSSR count). The Morgan fingerprint density at radius 3 is 2.84 bits per heavy atom. The molecule has 0 saturated carbocycles. The second-order valence-corrected chi connectivity index (χ2v) is 5.51. The SMILES string of the molecule is CC1c2ccccc2CCN1C(=O)c1ccc(Br)o1. The summed E-state index contributed by atoms with van der Waals surface area (Å²) in [6.07, 6.45) is 0.897. The number of hydrogen-bond donors (Lipinski definition) is 0.